The normalized spacial score (nSPS) is 17.5. The SMILES string of the molecule is O=C(CCSCCCCCCCCCCS)OCC1CCCO1. The van der Waals surface area contributed by atoms with E-state index >= 15 is 0 Å². The van der Waals surface area contributed by atoms with Crippen LogP contribution < -0.4 is 0 Å². The third-order valence-electron chi connectivity index (χ3n) is 4.10. The molecule has 1 aliphatic heterocycles. The summed E-state index contributed by atoms with van der Waals surface area (Å²) < 4.78 is 10.7. The summed E-state index contributed by atoms with van der Waals surface area (Å²) >= 11 is 6.10. The van der Waals surface area contributed by atoms with Gasteiger partial charge >= 0.3 is 5.97 Å². The molecule has 23 heavy (non-hydrogen) atoms. The zero-order valence-corrected chi connectivity index (χ0v) is 16.2. The van der Waals surface area contributed by atoms with Crippen molar-refractivity contribution >= 4 is 30.4 Å². The fraction of sp³-hybridized carbons (Fsp3) is 0.944. The topological polar surface area (TPSA) is 35.5 Å². The summed E-state index contributed by atoms with van der Waals surface area (Å²) in [4.78, 5) is 11.6. The number of esters is 1. The van der Waals surface area contributed by atoms with Crippen LogP contribution in [0.1, 0.15) is 70.6 Å². The minimum absolute atomic E-state index is 0.0748. The van der Waals surface area contributed by atoms with Crippen LogP contribution in [0, 0.1) is 0 Å². The number of unbranched alkanes of at least 4 members (excludes halogenated alkanes) is 7. The molecule has 0 saturated carbocycles. The molecule has 1 unspecified atom stereocenters. The molecular formula is C18H34O3S2. The van der Waals surface area contributed by atoms with Crippen molar-refractivity contribution in [3.8, 4) is 0 Å². The zero-order chi connectivity index (χ0) is 16.6. The standard InChI is InChI=1S/C18H34O3S2/c19-18(21-16-17-10-9-12-20-17)11-15-23-14-8-6-4-2-1-3-5-7-13-22/h17,22H,1-16H2. The predicted molar refractivity (Wildman–Crippen MR) is 103 cm³/mol. The lowest BCUT2D eigenvalue weighted by Crippen LogP contribution is -2.18. The molecule has 0 aliphatic carbocycles. The Bertz CT molecular complexity index is 281. The molecule has 3 nitrogen and oxygen atoms in total. The van der Waals surface area contributed by atoms with Gasteiger partial charge in [0.25, 0.3) is 0 Å². The van der Waals surface area contributed by atoms with E-state index in [2.05, 4.69) is 12.6 Å². The molecule has 0 aromatic carbocycles. The van der Waals surface area contributed by atoms with E-state index in [0.29, 0.717) is 13.0 Å². The van der Waals surface area contributed by atoms with Gasteiger partial charge in [0.1, 0.15) is 6.61 Å². The number of thioether (sulfide) groups is 1. The van der Waals surface area contributed by atoms with Crippen LogP contribution in [0.25, 0.3) is 0 Å². The van der Waals surface area contributed by atoms with E-state index in [1.54, 1.807) is 0 Å². The predicted octanol–water partition coefficient (Wildman–Crippen LogP) is 4.88. The van der Waals surface area contributed by atoms with Crippen LogP contribution in [0.15, 0.2) is 0 Å². The van der Waals surface area contributed by atoms with Crippen molar-refractivity contribution in [1.82, 2.24) is 0 Å². The van der Waals surface area contributed by atoms with Crippen molar-refractivity contribution in [3.63, 3.8) is 0 Å². The molecule has 1 heterocycles. The Kier molecular flexibility index (Phi) is 14.4. The van der Waals surface area contributed by atoms with Gasteiger partial charge in [-0.25, -0.2) is 0 Å². The molecule has 0 aromatic rings. The third-order valence-corrected chi connectivity index (χ3v) is 5.49. The van der Waals surface area contributed by atoms with Crippen molar-refractivity contribution < 1.29 is 14.3 Å². The molecule has 0 bridgehead atoms. The molecule has 0 aromatic heterocycles. The number of carbonyl (C=O) groups is 1. The third kappa shape index (κ3) is 13.1. The fourth-order valence-corrected chi connectivity index (χ4v) is 3.81. The molecule has 1 aliphatic rings. The summed E-state index contributed by atoms with van der Waals surface area (Å²) in [7, 11) is 0. The summed E-state index contributed by atoms with van der Waals surface area (Å²) in [5.74, 6) is 3.00. The van der Waals surface area contributed by atoms with Crippen LogP contribution in [0.4, 0.5) is 0 Å². The smallest absolute Gasteiger partial charge is 0.306 e. The second-order valence-electron chi connectivity index (χ2n) is 6.23. The summed E-state index contributed by atoms with van der Waals surface area (Å²) in [6, 6.07) is 0. The molecule has 0 N–H and O–H groups in total. The van der Waals surface area contributed by atoms with Crippen LogP contribution in [-0.2, 0) is 14.3 Å². The average Bonchev–Trinajstić information content (AvgIpc) is 3.07. The lowest BCUT2D eigenvalue weighted by atomic mass is 10.1. The molecule has 0 radical (unpaired) electrons. The largest absolute Gasteiger partial charge is 0.463 e. The molecule has 1 fully saturated rings. The minimum atomic E-state index is -0.0748. The van der Waals surface area contributed by atoms with Gasteiger partial charge in [-0.15, -0.1) is 0 Å². The fourth-order valence-electron chi connectivity index (χ4n) is 2.67. The zero-order valence-electron chi connectivity index (χ0n) is 14.5. The van der Waals surface area contributed by atoms with Crippen molar-refractivity contribution in [1.29, 1.82) is 0 Å². The van der Waals surface area contributed by atoms with Gasteiger partial charge in [0.15, 0.2) is 0 Å². The number of ether oxygens (including phenoxy) is 2. The van der Waals surface area contributed by atoms with Crippen molar-refractivity contribution in [3.05, 3.63) is 0 Å². The van der Waals surface area contributed by atoms with Crippen LogP contribution in [-0.4, -0.2) is 42.5 Å². The number of hydrogen-bond acceptors (Lipinski definition) is 5. The maximum atomic E-state index is 11.6. The molecule has 5 heteroatoms. The molecule has 1 rings (SSSR count). The summed E-state index contributed by atoms with van der Waals surface area (Å²) in [5, 5.41) is 0. The number of thiol groups is 1. The highest BCUT2D eigenvalue weighted by Gasteiger charge is 2.17. The van der Waals surface area contributed by atoms with E-state index in [4.69, 9.17) is 9.47 Å². The molecule has 0 spiro atoms. The van der Waals surface area contributed by atoms with E-state index in [9.17, 15) is 4.79 Å². The monoisotopic (exact) mass is 362 g/mol. The van der Waals surface area contributed by atoms with Gasteiger partial charge in [0.2, 0.25) is 0 Å². The summed E-state index contributed by atoms with van der Waals surface area (Å²) in [6.45, 7) is 1.26. The quantitative estimate of drug-likeness (QED) is 0.256. The second-order valence-corrected chi connectivity index (χ2v) is 7.90. The van der Waals surface area contributed by atoms with Gasteiger partial charge in [-0.05, 0) is 37.2 Å². The Morgan fingerprint density at radius 1 is 1.04 bits per heavy atom. The first kappa shape index (κ1) is 21.2. The van der Waals surface area contributed by atoms with Crippen LogP contribution >= 0.6 is 24.4 Å². The summed E-state index contributed by atoms with van der Waals surface area (Å²) in [6.07, 6.45) is 13.4. The molecule has 1 atom stereocenters. The number of hydrogen-bond donors (Lipinski definition) is 1. The highest BCUT2D eigenvalue weighted by Crippen LogP contribution is 2.14. The van der Waals surface area contributed by atoms with Gasteiger partial charge in [0, 0.05) is 12.4 Å². The number of carbonyl (C=O) groups excluding carboxylic acids is 1. The first-order chi connectivity index (χ1) is 11.3. The maximum Gasteiger partial charge on any atom is 0.306 e. The lowest BCUT2D eigenvalue weighted by molar-refractivity contribution is -0.146. The average molecular weight is 363 g/mol. The van der Waals surface area contributed by atoms with Crippen molar-refractivity contribution in [2.45, 2.75) is 76.7 Å². The van der Waals surface area contributed by atoms with E-state index in [1.807, 2.05) is 11.8 Å². The van der Waals surface area contributed by atoms with Gasteiger partial charge < -0.3 is 9.47 Å². The van der Waals surface area contributed by atoms with Gasteiger partial charge in [-0.1, -0.05) is 38.5 Å². The first-order valence-corrected chi connectivity index (χ1v) is 11.1. The minimum Gasteiger partial charge on any atom is -0.463 e. The van der Waals surface area contributed by atoms with E-state index < -0.39 is 0 Å². The second kappa shape index (κ2) is 15.6. The van der Waals surface area contributed by atoms with Gasteiger partial charge in [0.05, 0.1) is 12.5 Å². The Hall–Kier alpha value is 0.130. The van der Waals surface area contributed by atoms with Crippen molar-refractivity contribution in [2.24, 2.45) is 0 Å². The Morgan fingerprint density at radius 2 is 1.74 bits per heavy atom. The Balaban J connectivity index is 1.74. The van der Waals surface area contributed by atoms with Crippen molar-refractivity contribution in [2.75, 3.05) is 30.5 Å². The van der Waals surface area contributed by atoms with Crippen LogP contribution in [0.2, 0.25) is 0 Å². The lowest BCUT2D eigenvalue weighted by Gasteiger charge is -2.09. The van der Waals surface area contributed by atoms with Gasteiger partial charge in [-0.2, -0.15) is 24.4 Å². The summed E-state index contributed by atoms with van der Waals surface area (Å²) in [5.41, 5.74) is 0. The first-order valence-electron chi connectivity index (χ1n) is 9.28. The van der Waals surface area contributed by atoms with Gasteiger partial charge in [-0.3, -0.25) is 4.79 Å². The van der Waals surface area contributed by atoms with E-state index in [1.165, 1.54) is 57.1 Å². The van der Waals surface area contributed by atoms with E-state index in [0.717, 1.165) is 31.0 Å². The highest BCUT2D eigenvalue weighted by atomic mass is 32.2. The van der Waals surface area contributed by atoms with E-state index in [-0.39, 0.29) is 12.1 Å². The Labute approximate surface area is 152 Å². The maximum absolute atomic E-state index is 11.6. The van der Waals surface area contributed by atoms with Crippen LogP contribution in [0.5, 0.6) is 0 Å². The molecule has 1 saturated heterocycles. The molecule has 0 amide bonds. The van der Waals surface area contributed by atoms with Crippen LogP contribution in [0.3, 0.4) is 0 Å². The number of rotatable bonds is 15. The Morgan fingerprint density at radius 3 is 2.39 bits per heavy atom. The highest BCUT2D eigenvalue weighted by molar-refractivity contribution is 7.99. The molecule has 136 valence electrons. The molecular weight excluding hydrogens is 328 g/mol.